The predicted octanol–water partition coefficient (Wildman–Crippen LogP) is -3.21. The number of aliphatic hydroxyl groups excluding tert-OH is 8. The number of carbonyl (C=O) groups excluding carboxylic acids is 8. The Hall–Kier alpha value is -7.65. The molecule has 0 spiro atoms. The number of phenolic OH excluding ortho intramolecular Hbond substituents is 1. The van der Waals surface area contributed by atoms with Crippen LogP contribution in [0.5, 0.6) is 11.5 Å². The van der Waals surface area contributed by atoms with Crippen molar-refractivity contribution in [3.8, 4) is 22.6 Å². The maximum Gasteiger partial charge on any atom is 0.446 e. The number of hydrogen-bond acceptors (Lipinski definition) is 20. The summed E-state index contributed by atoms with van der Waals surface area (Å²) in [6.07, 6.45) is -10.8. The number of amides is 8. The molecule has 0 bridgehead atoms. The lowest BCUT2D eigenvalue weighted by Gasteiger charge is -2.34. The van der Waals surface area contributed by atoms with Crippen LogP contribution in [0, 0.1) is 5.92 Å². The number of primary amides is 1. The molecule has 3 aliphatic heterocycles. The quantitative estimate of drug-likeness (QED) is 0.0319. The van der Waals surface area contributed by atoms with E-state index in [0.29, 0.717) is 21.4 Å². The fourth-order valence-electron chi connectivity index (χ4n) is 10.5. The molecular formula is C57H76N8O21S. The predicted molar refractivity (Wildman–Crippen MR) is 305 cm³/mol. The lowest BCUT2D eigenvalue weighted by molar-refractivity contribution is -0.149. The number of benzene rings is 3. The van der Waals surface area contributed by atoms with E-state index in [1.54, 1.807) is 12.1 Å². The van der Waals surface area contributed by atoms with Crippen molar-refractivity contribution in [2.24, 2.45) is 11.7 Å². The van der Waals surface area contributed by atoms with Crippen LogP contribution in [0.15, 0.2) is 72.8 Å². The largest absolute Gasteiger partial charge is 0.504 e. The Morgan fingerprint density at radius 3 is 1.99 bits per heavy atom. The molecule has 3 aliphatic rings. The summed E-state index contributed by atoms with van der Waals surface area (Å²) in [5.41, 5.74) is 8.33. The van der Waals surface area contributed by atoms with E-state index in [0.717, 1.165) is 61.9 Å². The van der Waals surface area contributed by atoms with Gasteiger partial charge in [0.25, 0.3) is 0 Å². The van der Waals surface area contributed by atoms with Crippen molar-refractivity contribution in [3.05, 3.63) is 89.5 Å². The Labute approximate surface area is 500 Å². The number of rotatable bonds is 19. The fraction of sp³-hybridized carbons (Fsp3) is 0.509. The van der Waals surface area contributed by atoms with Gasteiger partial charge in [-0.2, -0.15) is 8.42 Å². The van der Waals surface area contributed by atoms with Gasteiger partial charge < -0.3 is 92.3 Å². The van der Waals surface area contributed by atoms with Crippen LogP contribution in [0.3, 0.4) is 0 Å². The van der Waals surface area contributed by atoms with Crippen LogP contribution in [0.1, 0.15) is 94.9 Å². The summed E-state index contributed by atoms with van der Waals surface area (Å²) in [6.45, 7) is 3.30. The average molecular weight is 1240 g/mol. The molecule has 29 nitrogen and oxygen atoms in total. The number of aromatic hydroxyl groups is 1. The third-order valence-corrected chi connectivity index (χ3v) is 15.7. The summed E-state index contributed by atoms with van der Waals surface area (Å²) in [4.78, 5) is 114. The second-order valence-electron chi connectivity index (χ2n) is 22.0. The number of phenols is 1. The number of aryl methyl sites for hydroxylation is 1. The molecule has 30 heteroatoms. The molecular weight excluding hydrogens is 1160 g/mol. The van der Waals surface area contributed by atoms with Crippen LogP contribution in [0.2, 0.25) is 0 Å². The second kappa shape index (κ2) is 30.3. The van der Waals surface area contributed by atoms with Crippen molar-refractivity contribution in [1.82, 2.24) is 36.4 Å². The van der Waals surface area contributed by atoms with Gasteiger partial charge in [-0.05, 0) is 65.8 Å². The first kappa shape index (κ1) is 68.5. The standard InChI is InChI=1S/C57H76N8O21S/c1-4-5-6-7-8-9-30-10-15-32(16-11-30)33-17-12-31(13-18-33)14-21-43(72)59-36-24-40(70)53(78)63-55(80)47-48(73)28(2)26-65(47)57(82)45(39(69)25-42(58)71)61-54(79)46(50(75)49(74)34-19-20-38(68)41(22-34)86-87(83,84)85)62-52(77)37-23-35(67)27-64(37)56(81)44(29(3)66)60-51(36)76/h10-22,28-29,35-37,39-40,44-50,53,66-70,73-75,78H,4-9,23-27H2,1-3H3,(H2,58,71)(H,59,72)(H,60,76)(H,61,79)(H,62,77)(H,63,80)(H,83,84,85)/b21-14+. The molecule has 3 fully saturated rings. The van der Waals surface area contributed by atoms with Gasteiger partial charge in [0.15, 0.2) is 17.7 Å². The number of unbranched alkanes of at least 4 members (excludes halogenated alkanes) is 4. The smallest absolute Gasteiger partial charge is 0.446 e. The number of fused-ring (bicyclic) bond motifs is 2. The minimum absolute atomic E-state index is 0.528. The summed E-state index contributed by atoms with van der Waals surface area (Å²) in [6, 6.07) is 4.47. The maximum atomic E-state index is 14.6. The Kier molecular flexibility index (Phi) is 23.9. The zero-order chi connectivity index (χ0) is 64.2. The van der Waals surface area contributed by atoms with Crippen molar-refractivity contribution in [1.29, 1.82) is 0 Å². The summed E-state index contributed by atoms with van der Waals surface area (Å²) in [5, 5.41) is 112. The minimum Gasteiger partial charge on any atom is -0.504 e. The molecule has 3 heterocycles. The van der Waals surface area contributed by atoms with E-state index >= 15 is 0 Å². The Morgan fingerprint density at radius 1 is 0.759 bits per heavy atom. The summed E-state index contributed by atoms with van der Waals surface area (Å²) >= 11 is 0. The minimum atomic E-state index is -5.34. The van der Waals surface area contributed by atoms with Crippen LogP contribution in [-0.2, 0) is 55.2 Å². The first-order chi connectivity index (χ1) is 41.0. The molecule has 3 saturated heterocycles. The van der Waals surface area contributed by atoms with Gasteiger partial charge in [-0.15, -0.1) is 0 Å². The SMILES string of the molecule is CCCCCCCc1ccc(-c2ccc(/C=C/C(=O)NC3CC(O)C(O)NC(=O)C4C(O)C(C)CN4C(=O)C(C(O)CC(N)=O)NC(=O)C(C(O)C(O)c4ccc(O)c(OS(=O)(=O)O)c4)NC(=O)C4CC(O)CN4C(=O)C(C(C)O)NC3=O)cc2)cc1. The zero-order valence-corrected chi connectivity index (χ0v) is 48.6. The number of nitrogens with two attached hydrogens (primary N) is 1. The molecule has 0 radical (unpaired) electrons. The number of nitrogens with one attached hydrogen (secondary N) is 5. The van der Waals surface area contributed by atoms with E-state index in [2.05, 4.69) is 39.2 Å². The highest BCUT2D eigenvalue weighted by molar-refractivity contribution is 7.81. The van der Waals surface area contributed by atoms with E-state index in [4.69, 9.17) is 5.73 Å². The molecule has 6 rings (SSSR count). The van der Waals surface area contributed by atoms with E-state index in [1.807, 2.05) is 34.9 Å². The molecule has 15 atom stereocenters. The van der Waals surface area contributed by atoms with Gasteiger partial charge in [-0.1, -0.05) is 94.1 Å². The Balaban J connectivity index is 1.35. The van der Waals surface area contributed by atoms with Gasteiger partial charge in [0, 0.05) is 37.9 Å². The van der Waals surface area contributed by atoms with E-state index in [-0.39, 0.29) is 0 Å². The highest BCUT2D eigenvalue weighted by Crippen LogP contribution is 2.33. The van der Waals surface area contributed by atoms with Crippen LogP contribution in [0.25, 0.3) is 17.2 Å². The normalized spacial score (nSPS) is 26.9. The highest BCUT2D eigenvalue weighted by atomic mass is 32.3. The van der Waals surface area contributed by atoms with Gasteiger partial charge in [0.2, 0.25) is 47.3 Å². The third-order valence-electron chi connectivity index (χ3n) is 15.3. The van der Waals surface area contributed by atoms with Crippen molar-refractivity contribution >= 4 is 63.7 Å². The van der Waals surface area contributed by atoms with Gasteiger partial charge >= 0.3 is 10.4 Å². The molecule has 87 heavy (non-hydrogen) atoms. The Bertz CT molecular complexity index is 3100. The van der Waals surface area contributed by atoms with Crippen molar-refractivity contribution < 1.29 is 101 Å². The number of nitrogens with zero attached hydrogens (tertiary/aromatic N) is 2. The van der Waals surface area contributed by atoms with Crippen molar-refractivity contribution in [2.45, 2.75) is 164 Å². The number of aliphatic hydroxyl groups is 8. The summed E-state index contributed by atoms with van der Waals surface area (Å²) in [5.74, 6) is -13.8. The zero-order valence-electron chi connectivity index (χ0n) is 47.8. The maximum absolute atomic E-state index is 14.6. The molecule has 3 aromatic rings. The Morgan fingerprint density at radius 2 is 1.37 bits per heavy atom. The molecule has 476 valence electrons. The molecule has 17 N–H and O–H groups in total. The molecule has 0 saturated carbocycles. The molecule has 3 aromatic carbocycles. The first-order valence-electron chi connectivity index (χ1n) is 28.2. The van der Waals surface area contributed by atoms with Gasteiger partial charge in [0.1, 0.15) is 54.6 Å². The van der Waals surface area contributed by atoms with Crippen LogP contribution in [-0.4, -0.2) is 208 Å². The average Bonchev–Trinajstić information content (AvgIpc) is 1.90. The first-order valence-corrected chi connectivity index (χ1v) is 29.6. The topological polar surface area (TPSA) is 475 Å². The van der Waals surface area contributed by atoms with E-state index in [1.165, 1.54) is 31.4 Å². The fourth-order valence-corrected chi connectivity index (χ4v) is 10.8. The lowest BCUT2D eigenvalue weighted by atomic mass is 9.96. The van der Waals surface area contributed by atoms with Crippen LogP contribution >= 0.6 is 0 Å². The van der Waals surface area contributed by atoms with Crippen LogP contribution in [0.4, 0.5) is 0 Å². The second-order valence-corrected chi connectivity index (χ2v) is 23.1. The highest BCUT2D eigenvalue weighted by Gasteiger charge is 2.51. The number of carbonyl (C=O) groups is 8. The van der Waals surface area contributed by atoms with Crippen LogP contribution < -0.4 is 36.5 Å². The molecule has 15 unspecified atom stereocenters. The third kappa shape index (κ3) is 18.2. The van der Waals surface area contributed by atoms with Gasteiger partial charge in [-0.3, -0.25) is 42.9 Å². The lowest BCUT2D eigenvalue weighted by Crippen LogP contribution is -2.64. The van der Waals surface area contributed by atoms with E-state index in [9.17, 15) is 97.3 Å². The molecule has 8 amide bonds. The number of hydrogen-bond donors (Lipinski definition) is 16. The molecule has 0 aliphatic carbocycles. The summed E-state index contributed by atoms with van der Waals surface area (Å²) in [7, 11) is -5.34. The van der Waals surface area contributed by atoms with Crippen molar-refractivity contribution in [2.75, 3.05) is 13.1 Å². The van der Waals surface area contributed by atoms with Gasteiger partial charge in [-0.25, -0.2) is 0 Å². The van der Waals surface area contributed by atoms with Gasteiger partial charge in [0.05, 0.1) is 30.8 Å². The van der Waals surface area contributed by atoms with Crippen molar-refractivity contribution in [3.63, 3.8) is 0 Å². The monoisotopic (exact) mass is 1240 g/mol. The summed E-state index contributed by atoms with van der Waals surface area (Å²) < 4.78 is 36.7. The van der Waals surface area contributed by atoms with E-state index < -0.39 is 198 Å². The molecule has 0 aromatic heterocycles.